The normalized spacial score (nSPS) is 18.7. The number of hydrogen-bond donors (Lipinski definition) is 2. The molecule has 1 aliphatic carbocycles. The minimum absolute atomic E-state index is 0.473. The highest BCUT2D eigenvalue weighted by Crippen LogP contribution is 2.29. The summed E-state index contributed by atoms with van der Waals surface area (Å²) in [6.07, 6.45) is 5.13. The molecule has 0 aromatic carbocycles. The second-order valence-corrected chi connectivity index (χ2v) is 5.53. The molecule has 100 valence electrons. The number of aliphatic hydroxyl groups is 1. The van der Waals surface area contributed by atoms with E-state index < -0.39 is 5.60 Å². The summed E-state index contributed by atoms with van der Waals surface area (Å²) in [6, 6.07) is 0. The molecule has 2 rings (SSSR count). The molecule has 1 fully saturated rings. The lowest BCUT2D eigenvalue weighted by atomic mass is 9.85. The molecular weight excluding hydrogens is 250 g/mol. The Hall–Kier alpha value is -0.870. The fourth-order valence-corrected chi connectivity index (χ4v) is 2.61. The first-order chi connectivity index (χ1) is 8.50. The Balaban J connectivity index is 2.05. The summed E-state index contributed by atoms with van der Waals surface area (Å²) in [4.78, 5) is 8.43. The monoisotopic (exact) mass is 269 g/mol. The highest BCUT2D eigenvalue weighted by atomic mass is 35.5. The van der Waals surface area contributed by atoms with Crippen molar-refractivity contribution in [2.24, 2.45) is 0 Å². The van der Waals surface area contributed by atoms with E-state index in [0.717, 1.165) is 37.1 Å². The standard InChI is InChI=1S/C13H20ClN3O/c1-9-11(14)16-10(2)17-12(9)15-8-13(18)6-4-3-5-7-13/h18H,3-8H2,1-2H3,(H,15,16,17). The van der Waals surface area contributed by atoms with Gasteiger partial charge in [0.1, 0.15) is 16.8 Å². The molecule has 5 heteroatoms. The molecule has 0 radical (unpaired) electrons. The van der Waals surface area contributed by atoms with Crippen LogP contribution in [0.4, 0.5) is 5.82 Å². The van der Waals surface area contributed by atoms with Gasteiger partial charge < -0.3 is 10.4 Å². The highest BCUT2D eigenvalue weighted by molar-refractivity contribution is 6.30. The fourth-order valence-electron chi connectivity index (χ4n) is 2.40. The fraction of sp³-hybridized carbons (Fsp3) is 0.692. The maximum absolute atomic E-state index is 10.4. The molecule has 4 nitrogen and oxygen atoms in total. The molecule has 2 N–H and O–H groups in total. The van der Waals surface area contributed by atoms with Crippen molar-refractivity contribution >= 4 is 17.4 Å². The number of rotatable bonds is 3. The lowest BCUT2D eigenvalue weighted by molar-refractivity contribution is 0.0166. The van der Waals surface area contributed by atoms with Crippen LogP contribution in [0.25, 0.3) is 0 Å². The van der Waals surface area contributed by atoms with Crippen molar-refractivity contribution in [1.29, 1.82) is 0 Å². The average molecular weight is 270 g/mol. The molecule has 0 spiro atoms. The van der Waals surface area contributed by atoms with Crippen LogP contribution in [0.2, 0.25) is 5.15 Å². The van der Waals surface area contributed by atoms with Crippen molar-refractivity contribution in [3.63, 3.8) is 0 Å². The van der Waals surface area contributed by atoms with E-state index >= 15 is 0 Å². The Morgan fingerprint density at radius 1 is 1.22 bits per heavy atom. The maximum atomic E-state index is 10.4. The van der Waals surface area contributed by atoms with Crippen molar-refractivity contribution < 1.29 is 5.11 Å². The minimum atomic E-state index is -0.601. The van der Waals surface area contributed by atoms with Crippen molar-refractivity contribution in [2.75, 3.05) is 11.9 Å². The second kappa shape index (κ2) is 5.41. The Bertz CT molecular complexity index is 430. The summed E-state index contributed by atoms with van der Waals surface area (Å²) >= 11 is 6.02. The summed E-state index contributed by atoms with van der Waals surface area (Å²) in [7, 11) is 0. The molecule has 1 aromatic rings. The van der Waals surface area contributed by atoms with Crippen LogP contribution in [-0.2, 0) is 0 Å². The molecule has 1 saturated carbocycles. The van der Waals surface area contributed by atoms with E-state index in [9.17, 15) is 5.11 Å². The largest absolute Gasteiger partial charge is 0.388 e. The zero-order chi connectivity index (χ0) is 13.2. The topological polar surface area (TPSA) is 58.0 Å². The molecule has 1 aliphatic rings. The molecule has 0 atom stereocenters. The van der Waals surface area contributed by atoms with E-state index in [2.05, 4.69) is 15.3 Å². The van der Waals surface area contributed by atoms with Gasteiger partial charge in [-0.1, -0.05) is 30.9 Å². The second-order valence-electron chi connectivity index (χ2n) is 5.17. The van der Waals surface area contributed by atoms with Gasteiger partial charge in [0.05, 0.1) is 5.60 Å². The van der Waals surface area contributed by atoms with Gasteiger partial charge in [0.15, 0.2) is 0 Å². The molecule has 0 saturated heterocycles. The maximum Gasteiger partial charge on any atom is 0.137 e. The van der Waals surface area contributed by atoms with Gasteiger partial charge >= 0.3 is 0 Å². The van der Waals surface area contributed by atoms with Crippen molar-refractivity contribution in [1.82, 2.24) is 9.97 Å². The molecule has 18 heavy (non-hydrogen) atoms. The third-order valence-corrected chi connectivity index (χ3v) is 3.94. The quantitative estimate of drug-likeness (QED) is 0.829. The van der Waals surface area contributed by atoms with Crippen LogP contribution < -0.4 is 5.32 Å². The molecule has 0 unspecified atom stereocenters. The van der Waals surface area contributed by atoms with Gasteiger partial charge in [-0.05, 0) is 26.7 Å². The van der Waals surface area contributed by atoms with Crippen LogP contribution >= 0.6 is 11.6 Å². The molecule has 0 amide bonds. The first-order valence-electron chi connectivity index (χ1n) is 6.47. The predicted octanol–water partition coefficient (Wildman–Crippen LogP) is 2.85. The van der Waals surface area contributed by atoms with Crippen molar-refractivity contribution in [3.8, 4) is 0 Å². The van der Waals surface area contributed by atoms with E-state index in [-0.39, 0.29) is 0 Å². The smallest absolute Gasteiger partial charge is 0.137 e. The van der Waals surface area contributed by atoms with Crippen LogP contribution in [-0.4, -0.2) is 27.2 Å². The number of anilines is 1. The Morgan fingerprint density at radius 2 is 1.89 bits per heavy atom. The Kier molecular flexibility index (Phi) is 4.07. The van der Waals surface area contributed by atoms with Gasteiger partial charge in [-0.3, -0.25) is 0 Å². The van der Waals surface area contributed by atoms with E-state index in [0.29, 0.717) is 17.5 Å². The van der Waals surface area contributed by atoms with Gasteiger partial charge in [0, 0.05) is 12.1 Å². The van der Waals surface area contributed by atoms with Gasteiger partial charge in [-0.15, -0.1) is 0 Å². The average Bonchev–Trinajstić information content (AvgIpc) is 2.33. The molecular formula is C13H20ClN3O. The highest BCUT2D eigenvalue weighted by Gasteiger charge is 2.29. The third kappa shape index (κ3) is 3.12. The summed E-state index contributed by atoms with van der Waals surface area (Å²) < 4.78 is 0. The number of nitrogens with zero attached hydrogens (tertiary/aromatic N) is 2. The summed E-state index contributed by atoms with van der Waals surface area (Å²) in [6.45, 7) is 4.22. The van der Waals surface area contributed by atoms with Crippen LogP contribution in [0, 0.1) is 13.8 Å². The number of aromatic nitrogens is 2. The van der Waals surface area contributed by atoms with Crippen LogP contribution in [0.15, 0.2) is 0 Å². The SMILES string of the molecule is Cc1nc(Cl)c(C)c(NCC2(O)CCCCC2)n1. The van der Waals surface area contributed by atoms with Gasteiger partial charge in [-0.25, -0.2) is 9.97 Å². The van der Waals surface area contributed by atoms with Crippen LogP contribution in [0.1, 0.15) is 43.5 Å². The van der Waals surface area contributed by atoms with Crippen LogP contribution in [0.5, 0.6) is 0 Å². The first kappa shape index (κ1) is 13.6. The van der Waals surface area contributed by atoms with E-state index in [1.54, 1.807) is 0 Å². The number of hydrogen-bond acceptors (Lipinski definition) is 4. The van der Waals surface area contributed by atoms with Crippen molar-refractivity contribution in [2.45, 2.75) is 51.6 Å². The van der Waals surface area contributed by atoms with E-state index in [1.165, 1.54) is 6.42 Å². The molecule has 1 aromatic heterocycles. The lowest BCUT2D eigenvalue weighted by Gasteiger charge is -2.32. The van der Waals surface area contributed by atoms with E-state index in [1.807, 2.05) is 13.8 Å². The molecule has 0 aliphatic heterocycles. The van der Waals surface area contributed by atoms with Crippen LogP contribution in [0.3, 0.4) is 0 Å². The summed E-state index contributed by atoms with van der Waals surface area (Å²) in [5, 5.41) is 14.1. The van der Waals surface area contributed by atoms with Gasteiger partial charge in [0.25, 0.3) is 0 Å². The zero-order valence-electron chi connectivity index (χ0n) is 11.0. The molecule has 0 bridgehead atoms. The van der Waals surface area contributed by atoms with E-state index in [4.69, 9.17) is 11.6 Å². The minimum Gasteiger partial charge on any atom is -0.388 e. The predicted molar refractivity (Wildman–Crippen MR) is 73.0 cm³/mol. The van der Waals surface area contributed by atoms with Crippen molar-refractivity contribution in [3.05, 3.63) is 16.5 Å². The molecule has 1 heterocycles. The summed E-state index contributed by atoms with van der Waals surface area (Å²) in [5.74, 6) is 1.37. The first-order valence-corrected chi connectivity index (χ1v) is 6.85. The Labute approximate surface area is 113 Å². The Morgan fingerprint density at radius 3 is 2.56 bits per heavy atom. The lowest BCUT2D eigenvalue weighted by Crippen LogP contribution is -2.39. The third-order valence-electron chi connectivity index (χ3n) is 3.57. The van der Waals surface area contributed by atoms with Gasteiger partial charge in [-0.2, -0.15) is 0 Å². The number of nitrogens with one attached hydrogen (secondary N) is 1. The summed E-state index contributed by atoms with van der Waals surface area (Å²) in [5.41, 5.74) is 0.234. The van der Waals surface area contributed by atoms with Gasteiger partial charge in [0.2, 0.25) is 0 Å². The number of halogens is 1. The zero-order valence-corrected chi connectivity index (χ0v) is 11.7. The number of aryl methyl sites for hydroxylation is 1.